The van der Waals surface area contributed by atoms with Gasteiger partial charge in [0.2, 0.25) is 0 Å². The van der Waals surface area contributed by atoms with Crippen molar-refractivity contribution in [1.82, 2.24) is 0 Å². The van der Waals surface area contributed by atoms with Gasteiger partial charge in [-0.3, -0.25) is 4.79 Å². The lowest BCUT2D eigenvalue weighted by Crippen LogP contribution is -2.21. The van der Waals surface area contributed by atoms with E-state index in [1.165, 1.54) is 0 Å². The Balaban J connectivity index is 1.97. The molecule has 1 N–H and O–H groups in total. The zero-order chi connectivity index (χ0) is 19.8. The van der Waals surface area contributed by atoms with E-state index in [-0.39, 0.29) is 6.61 Å². The van der Waals surface area contributed by atoms with Gasteiger partial charge in [0.25, 0.3) is 5.91 Å². The largest absolute Gasteiger partial charge is 0.490 e. The van der Waals surface area contributed by atoms with Crippen LogP contribution in [-0.4, -0.2) is 31.7 Å². The molecular formula is C21H25NO5. The number of carbonyl (C=O) groups is 2. The van der Waals surface area contributed by atoms with Crippen molar-refractivity contribution in [2.24, 2.45) is 0 Å². The molecule has 0 unspecified atom stereocenters. The molecule has 6 nitrogen and oxygen atoms in total. The Morgan fingerprint density at radius 2 is 1.63 bits per heavy atom. The monoisotopic (exact) mass is 371 g/mol. The van der Waals surface area contributed by atoms with Crippen LogP contribution in [0.25, 0.3) is 0 Å². The SMILES string of the molecule is CCOc1ccc(NC(=O)COC(=O)c2ccc(C)cc2C)cc1OCC. The summed E-state index contributed by atoms with van der Waals surface area (Å²) in [5, 5.41) is 2.69. The van der Waals surface area contributed by atoms with Gasteiger partial charge in [0.15, 0.2) is 18.1 Å². The molecule has 0 fully saturated rings. The van der Waals surface area contributed by atoms with Crippen molar-refractivity contribution in [2.75, 3.05) is 25.1 Å². The fourth-order valence-electron chi connectivity index (χ4n) is 2.58. The van der Waals surface area contributed by atoms with Gasteiger partial charge in [-0.05, 0) is 51.5 Å². The first-order valence-electron chi connectivity index (χ1n) is 8.88. The predicted octanol–water partition coefficient (Wildman–Crippen LogP) is 3.90. The molecule has 0 saturated carbocycles. The molecule has 6 heteroatoms. The molecule has 0 bridgehead atoms. The van der Waals surface area contributed by atoms with Crippen molar-refractivity contribution in [3.8, 4) is 11.5 Å². The second-order valence-electron chi connectivity index (χ2n) is 5.97. The highest BCUT2D eigenvalue weighted by molar-refractivity contribution is 5.96. The summed E-state index contributed by atoms with van der Waals surface area (Å²) >= 11 is 0. The molecule has 0 saturated heterocycles. The topological polar surface area (TPSA) is 73.9 Å². The maximum atomic E-state index is 12.2. The number of nitrogens with one attached hydrogen (secondary N) is 1. The molecule has 0 aliphatic rings. The van der Waals surface area contributed by atoms with Gasteiger partial charge in [-0.1, -0.05) is 17.7 Å². The lowest BCUT2D eigenvalue weighted by atomic mass is 10.1. The Morgan fingerprint density at radius 1 is 0.926 bits per heavy atom. The fraction of sp³-hybridized carbons (Fsp3) is 0.333. The summed E-state index contributed by atoms with van der Waals surface area (Å²) in [4.78, 5) is 24.3. The van der Waals surface area contributed by atoms with Crippen LogP contribution in [-0.2, 0) is 9.53 Å². The molecule has 144 valence electrons. The first-order valence-corrected chi connectivity index (χ1v) is 8.88. The van der Waals surface area contributed by atoms with Crippen molar-refractivity contribution >= 4 is 17.6 Å². The first-order chi connectivity index (χ1) is 12.9. The van der Waals surface area contributed by atoms with Gasteiger partial charge < -0.3 is 19.5 Å². The van der Waals surface area contributed by atoms with Gasteiger partial charge in [0.05, 0.1) is 18.8 Å². The Kier molecular flexibility index (Phi) is 7.23. The first kappa shape index (κ1) is 20.3. The van der Waals surface area contributed by atoms with Crippen LogP contribution in [0.1, 0.15) is 35.3 Å². The molecule has 0 atom stereocenters. The summed E-state index contributed by atoms with van der Waals surface area (Å²) in [7, 11) is 0. The van der Waals surface area contributed by atoms with Crippen LogP contribution < -0.4 is 14.8 Å². The van der Waals surface area contributed by atoms with E-state index in [1.807, 2.05) is 39.8 Å². The number of rotatable bonds is 8. The Hall–Kier alpha value is -3.02. The average Bonchev–Trinajstić information content (AvgIpc) is 2.62. The van der Waals surface area contributed by atoms with Crippen molar-refractivity contribution < 1.29 is 23.8 Å². The highest BCUT2D eigenvalue weighted by Crippen LogP contribution is 2.30. The quantitative estimate of drug-likeness (QED) is 0.713. The molecule has 1 amide bonds. The molecule has 27 heavy (non-hydrogen) atoms. The Bertz CT molecular complexity index is 816. The summed E-state index contributed by atoms with van der Waals surface area (Å²) < 4.78 is 16.1. The van der Waals surface area contributed by atoms with Crippen molar-refractivity contribution in [1.29, 1.82) is 0 Å². The second kappa shape index (κ2) is 9.62. The van der Waals surface area contributed by atoms with E-state index < -0.39 is 11.9 Å². The number of amides is 1. The van der Waals surface area contributed by atoms with Crippen molar-refractivity contribution in [2.45, 2.75) is 27.7 Å². The van der Waals surface area contributed by atoms with Gasteiger partial charge in [0, 0.05) is 11.8 Å². The van der Waals surface area contributed by atoms with Crippen LogP contribution >= 0.6 is 0 Å². The highest BCUT2D eigenvalue weighted by atomic mass is 16.5. The smallest absolute Gasteiger partial charge is 0.338 e. The molecule has 0 aliphatic heterocycles. The third kappa shape index (κ3) is 5.74. The van der Waals surface area contributed by atoms with Gasteiger partial charge in [-0.15, -0.1) is 0 Å². The lowest BCUT2D eigenvalue weighted by Gasteiger charge is -2.13. The third-order valence-electron chi connectivity index (χ3n) is 3.76. The number of ether oxygens (including phenoxy) is 3. The van der Waals surface area contributed by atoms with E-state index in [2.05, 4.69) is 5.32 Å². The van der Waals surface area contributed by atoms with Crippen LogP contribution in [0.3, 0.4) is 0 Å². The highest BCUT2D eigenvalue weighted by Gasteiger charge is 2.14. The van der Waals surface area contributed by atoms with Crippen LogP contribution in [0.2, 0.25) is 0 Å². The van der Waals surface area contributed by atoms with Gasteiger partial charge >= 0.3 is 5.97 Å². The van der Waals surface area contributed by atoms with Gasteiger partial charge in [0.1, 0.15) is 0 Å². The molecular weight excluding hydrogens is 346 g/mol. The molecule has 2 aromatic rings. The molecule has 0 heterocycles. The van der Waals surface area contributed by atoms with Crippen LogP contribution in [0.4, 0.5) is 5.69 Å². The fourth-order valence-corrected chi connectivity index (χ4v) is 2.58. The maximum absolute atomic E-state index is 12.2. The molecule has 2 rings (SSSR count). The van der Waals surface area contributed by atoms with Crippen molar-refractivity contribution in [3.63, 3.8) is 0 Å². The maximum Gasteiger partial charge on any atom is 0.338 e. The van der Waals surface area contributed by atoms with E-state index in [9.17, 15) is 9.59 Å². The van der Waals surface area contributed by atoms with Crippen LogP contribution in [0.15, 0.2) is 36.4 Å². The summed E-state index contributed by atoms with van der Waals surface area (Å²) in [5.41, 5.74) is 2.86. The van der Waals surface area contributed by atoms with Crippen molar-refractivity contribution in [3.05, 3.63) is 53.1 Å². The van der Waals surface area contributed by atoms with Crippen LogP contribution in [0, 0.1) is 13.8 Å². The van der Waals surface area contributed by atoms with E-state index >= 15 is 0 Å². The summed E-state index contributed by atoms with van der Waals surface area (Å²) in [5.74, 6) is 0.201. The van der Waals surface area contributed by atoms with E-state index in [0.717, 1.165) is 11.1 Å². The molecule has 0 spiro atoms. The normalized spacial score (nSPS) is 10.2. The standard InChI is InChI=1S/C21H25NO5/c1-5-25-18-10-8-16(12-19(18)26-6-2)22-20(23)13-27-21(24)17-9-7-14(3)11-15(17)4/h7-12H,5-6,13H2,1-4H3,(H,22,23). The number of hydrogen-bond acceptors (Lipinski definition) is 5. The number of hydrogen-bond donors (Lipinski definition) is 1. The summed E-state index contributed by atoms with van der Waals surface area (Å²) in [6.45, 7) is 8.15. The van der Waals surface area contributed by atoms with Gasteiger partial charge in [-0.25, -0.2) is 4.79 Å². The zero-order valence-electron chi connectivity index (χ0n) is 16.1. The predicted molar refractivity (Wildman–Crippen MR) is 104 cm³/mol. The number of esters is 1. The Morgan fingerprint density at radius 3 is 2.30 bits per heavy atom. The molecule has 0 radical (unpaired) electrons. The minimum absolute atomic E-state index is 0.372. The Labute approximate surface area is 159 Å². The molecule has 0 aromatic heterocycles. The average molecular weight is 371 g/mol. The lowest BCUT2D eigenvalue weighted by molar-refractivity contribution is -0.119. The minimum atomic E-state index is -0.524. The minimum Gasteiger partial charge on any atom is -0.490 e. The van der Waals surface area contributed by atoms with E-state index in [4.69, 9.17) is 14.2 Å². The van der Waals surface area contributed by atoms with Gasteiger partial charge in [-0.2, -0.15) is 0 Å². The number of anilines is 1. The van der Waals surface area contributed by atoms with E-state index in [1.54, 1.807) is 24.3 Å². The second-order valence-corrected chi connectivity index (χ2v) is 5.97. The van der Waals surface area contributed by atoms with Crippen LogP contribution in [0.5, 0.6) is 11.5 Å². The third-order valence-corrected chi connectivity index (χ3v) is 3.76. The van der Waals surface area contributed by atoms with E-state index in [0.29, 0.717) is 36.0 Å². The molecule has 0 aliphatic carbocycles. The molecule has 2 aromatic carbocycles. The number of benzene rings is 2. The summed E-state index contributed by atoms with van der Waals surface area (Å²) in [6, 6.07) is 10.5. The summed E-state index contributed by atoms with van der Waals surface area (Å²) in [6.07, 6.45) is 0. The number of aryl methyl sites for hydroxylation is 2. The zero-order valence-corrected chi connectivity index (χ0v) is 16.1. The number of carbonyl (C=O) groups excluding carboxylic acids is 2.